The predicted molar refractivity (Wildman–Crippen MR) is 114 cm³/mol. The van der Waals surface area contributed by atoms with Crippen LogP contribution in [-0.4, -0.2) is 29.7 Å². The molecule has 0 saturated carbocycles. The van der Waals surface area contributed by atoms with Crippen molar-refractivity contribution in [3.8, 4) is 18.2 Å². The number of halogens is 3. The lowest BCUT2D eigenvalue weighted by Crippen LogP contribution is -2.50. The number of nitrogens with two attached hydrogens (primary N) is 1. The number of alkyl halides is 3. The number of amides is 1. The summed E-state index contributed by atoms with van der Waals surface area (Å²) in [5.74, 6) is -1.78. The summed E-state index contributed by atoms with van der Waals surface area (Å²) in [6, 6.07) is 9.92. The minimum absolute atomic E-state index is 0.0179. The third kappa shape index (κ3) is 4.18. The Morgan fingerprint density at radius 2 is 1.74 bits per heavy atom. The van der Waals surface area contributed by atoms with E-state index in [1.165, 1.54) is 17.0 Å². The van der Waals surface area contributed by atoms with Gasteiger partial charge in [0.1, 0.15) is 11.7 Å². The third-order valence-corrected chi connectivity index (χ3v) is 5.91. The zero-order valence-electron chi connectivity index (χ0n) is 18.8. The number of carbonyl (C=O) groups excluding carboxylic acids is 1. The minimum atomic E-state index is -4.57. The van der Waals surface area contributed by atoms with Crippen molar-refractivity contribution in [1.82, 2.24) is 4.90 Å². The van der Waals surface area contributed by atoms with Crippen molar-refractivity contribution >= 4 is 6.09 Å². The number of fused-ring (bicyclic) bond motifs is 1. The second-order valence-electron chi connectivity index (χ2n) is 9.18. The Balaban J connectivity index is 2.18. The van der Waals surface area contributed by atoms with E-state index in [4.69, 9.17) is 10.5 Å². The van der Waals surface area contributed by atoms with Gasteiger partial charge in [0.05, 0.1) is 29.0 Å². The Bertz CT molecular complexity index is 1170. The van der Waals surface area contributed by atoms with E-state index in [1.54, 1.807) is 26.8 Å². The summed E-state index contributed by atoms with van der Waals surface area (Å²) in [5, 5.41) is 29.9. The molecule has 3 rings (SSSR count). The molecule has 0 aromatic heterocycles. The monoisotopic (exact) mass is 469 g/mol. The first-order valence-electron chi connectivity index (χ1n) is 10.4. The molecule has 1 aliphatic carbocycles. The van der Waals surface area contributed by atoms with Gasteiger partial charge in [0.2, 0.25) is 0 Å². The number of nitrogens with zero attached hydrogens (tertiary/aromatic N) is 4. The van der Waals surface area contributed by atoms with E-state index in [-0.39, 0.29) is 29.9 Å². The second-order valence-corrected chi connectivity index (χ2v) is 9.18. The van der Waals surface area contributed by atoms with Crippen LogP contribution in [0.15, 0.2) is 47.2 Å². The van der Waals surface area contributed by atoms with Crippen molar-refractivity contribution in [3.63, 3.8) is 0 Å². The molecule has 0 spiro atoms. The molecule has 1 aliphatic heterocycles. The zero-order chi connectivity index (χ0) is 25.5. The third-order valence-electron chi connectivity index (χ3n) is 5.91. The summed E-state index contributed by atoms with van der Waals surface area (Å²) in [6.07, 6.45) is -3.59. The Hall–Kier alpha value is -3.97. The highest BCUT2D eigenvalue weighted by Crippen LogP contribution is 2.54. The highest BCUT2D eigenvalue weighted by atomic mass is 19.4. The van der Waals surface area contributed by atoms with Gasteiger partial charge in [0.25, 0.3) is 0 Å². The van der Waals surface area contributed by atoms with Crippen LogP contribution in [0.2, 0.25) is 0 Å². The molecule has 34 heavy (non-hydrogen) atoms. The molecule has 1 aromatic carbocycles. The molecule has 176 valence electrons. The maximum atomic E-state index is 13.1. The molecule has 10 heteroatoms. The number of benzene rings is 1. The van der Waals surface area contributed by atoms with Gasteiger partial charge < -0.3 is 15.4 Å². The smallest absolute Gasteiger partial charge is 0.416 e. The molecule has 0 bridgehead atoms. The highest BCUT2D eigenvalue weighted by molar-refractivity contribution is 5.70. The van der Waals surface area contributed by atoms with E-state index in [0.717, 1.165) is 12.1 Å². The molecule has 2 atom stereocenters. The van der Waals surface area contributed by atoms with Crippen molar-refractivity contribution in [2.24, 2.45) is 17.1 Å². The molecule has 0 unspecified atom stereocenters. The minimum Gasteiger partial charge on any atom is -0.444 e. The number of ether oxygens (including phenoxy) is 1. The number of carbonyl (C=O) groups is 1. The van der Waals surface area contributed by atoms with Crippen LogP contribution in [0.3, 0.4) is 0 Å². The molecule has 1 amide bonds. The molecule has 0 fully saturated rings. The van der Waals surface area contributed by atoms with Crippen LogP contribution in [0.1, 0.15) is 37.8 Å². The Morgan fingerprint density at radius 1 is 1.15 bits per heavy atom. The summed E-state index contributed by atoms with van der Waals surface area (Å²) >= 11 is 0. The van der Waals surface area contributed by atoms with Crippen molar-refractivity contribution in [2.75, 3.05) is 13.1 Å². The molecular formula is C24H22F3N5O2. The summed E-state index contributed by atoms with van der Waals surface area (Å²) in [7, 11) is 0. The van der Waals surface area contributed by atoms with Crippen molar-refractivity contribution in [2.45, 2.75) is 38.5 Å². The summed E-state index contributed by atoms with van der Waals surface area (Å²) in [6.45, 7) is 5.20. The summed E-state index contributed by atoms with van der Waals surface area (Å²) < 4.78 is 44.8. The van der Waals surface area contributed by atoms with Crippen LogP contribution in [0, 0.1) is 45.3 Å². The topological polar surface area (TPSA) is 127 Å². The van der Waals surface area contributed by atoms with Gasteiger partial charge in [-0.3, -0.25) is 0 Å². The molecule has 0 radical (unpaired) electrons. The Kier molecular flexibility index (Phi) is 6.11. The van der Waals surface area contributed by atoms with E-state index in [0.29, 0.717) is 5.57 Å². The first kappa shape index (κ1) is 24.7. The molecule has 7 nitrogen and oxygen atoms in total. The SMILES string of the molecule is CC(C)(C)OC(=O)N1CC=C2C(C#N)=C(N)C(C#N)(C#N)[C@@H](c3ccc(C(F)(F)F)cc3)[C@H]2C1. The van der Waals surface area contributed by atoms with Gasteiger partial charge in [-0.1, -0.05) is 18.2 Å². The first-order valence-corrected chi connectivity index (χ1v) is 10.4. The number of nitriles is 3. The van der Waals surface area contributed by atoms with Gasteiger partial charge in [0.15, 0.2) is 5.41 Å². The van der Waals surface area contributed by atoms with E-state index in [1.807, 2.05) is 18.2 Å². The number of hydrogen-bond acceptors (Lipinski definition) is 6. The van der Waals surface area contributed by atoms with Crippen molar-refractivity contribution in [1.29, 1.82) is 15.8 Å². The van der Waals surface area contributed by atoms with Crippen LogP contribution in [0.4, 0.5) is 18.0 Å². The first-order chi connectivity index (χ1) is 15.8. The van der Waals surface area contributed by atoms with E-state index >= 15 is 0 Å². The van der Waals surface area contributed by atoms with Crippen LogP contribution in [0.5, 0.6) is 0 Å². The number of rotatable bonds is 1. The van der Waals surface area contributed by atoms with E-state index in [9.17, 15) is 33.8 Å². The van der Waals surface area contributed by atoms with Gasteiger partial charge in [-0.15, -0.1) is 0 Å². The lowest BCUT2D eigenvalue weighted by molar-refractivity contribution is -0.137. The molecule has 0 saturated heterocycles. The lowest BCUT2D eigenvalue weighted by Gasteiger charge is -2.45. The van der Waals surface area contributed by atoms with Crippen molar-refractivity contribution < 1.29 is 22.7 Å². The second kappa shape index (κ2) is 8.43. The van der Waals surface area contributed by atoms with E-state index in [2.05, 4.69) is 0 Å². The molecule has 2 N–H and O–H groups in total. The van der Waals surface area contributed by atoms with Crippen molar-refractivity contribution in [3.05, 3.63) is 58.3 Å². The number of allylic oxidation sites excluding steroid dienone is 2. The molecule has 1 aromatic rings. The number of hydrogen-bond donors (Lipinski definition) is 1. The largest absolute Gasteiger partial charge is 0.444 e. The van der Waals surface area contributed by atoms with Crippen LogP contribution in [0.25, 0.3) is 0 Å². The fourth-order valence-electron chi connectivity index (χ4n) is 4.41. The average Bonchev–Trinajstić information content (AvgIpc) is 2.76. The van der Waals surface area contributed by atoms with Gasteiger partial charge in [-0.05, 0) is 44.0 Å². The van der Waals surface area contributed by atoms with Crippen LogP contribution in [-0.2, 0) is 10.9 Å². The molecule has 2 aliphatic rings. The Labute approximate surface area is 195 Å². The normalized spacial score (nSPS) is 22.0. The summed E-state index contributed by atoms with van der Waals surface area (Å²) in [4.78, 5) is 14.1. The molecule has 1 heterocycles. The maximum absolute atomic E-state index is 13.1. The average molecular weight is 469 g/mol. The lowest BCUT2D eigenvalue weighted by atomic mass is 9.58. The van der Waals surface area contributed by atoms with Crippen LogP contribution < -0.4 is 5.73 Å². The van der Waals surface area contributed by atoms with Gasteiger partial charge in [-0.25, -0.2) is 4.79 Å². The van der Waals surface area contributed by atoms with E-state index < -0.39 is 40.7 Å². The summed E-state index contributed by atoms with van der Waals surface area (Å²) in [5.41, 5.74) is 2.94. The van der Waals surface area contributed by atoms with Crippen LogP contribution >= 0.6 is 0 Å². The predicted octanol–water partition coefficient (Wildman–Crippen LogP) is 4.37. The highest BCUT2D eigenvalue weighted by Gasteiger charge is 2.55. The van der Waals surface area contributed by atoms with Gasteiger partial charge >= 0.3 is 12.3 Å². The maximum Gasteiger partial charge on any atom is 0.416 e. The Morgan fingerprint density at radius 3 is 2.21 bits per heavy atom. The fourth-order valence-corrected chi connectivity index (χ4v) is 4.41. The molecular weight excluding hydrogens is 447 g/mol. The zero-order valence-corrected chi connectivity index (χ0v) is 18.8. The standard InChI is InChI=1S/C24H22F3N5O2/c1-22(2,3)34-21(33)32-9-8-16-17(10-28)20(31)23(12-29,13-30)19(18(16)11-32)14-4-6-15(7-5-14)24(25,26)27/h4-8,18-19H,9,11,31H2,1-3H3/t18-,19-/m0/s1. The quantitative estimate of drug-likeness (QED) is 0.651. The fraction of sp³-hybridized carbons (Fsp3) is 0.417. The van der Waals surface area contributed by atoms with Gasteiger partial charge in [-0.2, -0.15) is 29.0 Å². The van der Waals surface area contributed by atoms with Gasteiger partial charge in [0, 0.05) is 24.9 Å².